The van der Waals surface area contributed by atoms with Gasteiger partial charge in [-0.15, -0.1) is 11.3 Å². The first-order valence-electron chi connectivity index (χ1n) is 10.6. The molecule has 0 saturated heterocycles. The van der Waals surface area contributed by atoms with Crippen LogP contribution < -0.4 is 9.47 Å². The molecule has 1 aromatic carbocycles. The number of carbonyl (C=O) groups excluding carboxylic acids is 2. The van der Waals surface area contributed by atoms with Gasteiger partial charge in [-0.3, -0.25) is 9.59 Å². The number of hydrogen-bond acceptors (Lipinski definition) is 6. The number of amides is 2. The van der Waals surface area contributed by atoms with Crippen LogP contribution in [0, 0.1) is 6.92 Å². The molecule has 0 bridgehead atoms. The number of nitrogens with zero attached hydrogens (tertiary/aromatic N) is 2. The lowest BCUT2D eigenvalue weighted by Crippen LogP contribution is -2.42. The Morgan fingerprint density at radius 2 is 1.88 bits per heavy atom. The first-order chi connectivity index (χ1) is 15.5. The van der Waals surface area contributed by atoms with Crippen LogP contribution in [-0.2, 0) is 17.9 Å². The Bertz CT molecular complexity index is 1080. The highest BCUT2D eigenvalue weighted by Crippen LogP contribution is 2.33. The SMILES string of the molecule is CCCN(CC(=O)N(Cc1ccc2c(c1)OCO2)Cc1ccc(C)o1)C(=O)c1cccs1. The van der Waals surface area contributed by atoms with E-state index < -0.39 is 0 Å². The van der Waals surface area contributed by atoms with Gasteiger partial charge in [0, 0.05) is 13.1 Å². The van der Waals surface area contributed by atoms with Gasteiger partial charge in [-0.05, 0) is 54.6 Å². The third-order valence-electron chi connectivity index (χ3n) is 5.14. The van der Waals surface area contributed by atoms with Crippen LogP contribution in [0.5, 0.6) is 11.5 Å². The second-order valence-electron chi connectivity index (χ2n) is 7.65. The maximum atomic E-state index is 13.4. The third kappa shape index (κ3) is 5.13. The summed E-state index contributed by atoms with van der Waals surface area (Å²) in [5, 5.41) is 1.87. The molecule has 2 amide bonds. The van der Waals surface area contributed by atoms with Crippen molar-refractivity contribution in [3.63, 3.8) is 0 Å². The van der Waals surface area contributed by atoms with Crippen LogP contribution in [0.15, 0.2) is 52.3 Å². The monoisotopic (exact) mass is 454 g/mol. The minimum Gasteiger partial charge on any atom is -0.464 e. The van der Waals surface area contributed by atoms with Crippen LogP contribution in [-0.4, -0.2) is 41.5 Å². The maximum absolute atomic E-state index is 13.4. The highest BCUT2D eigenvalue weighted by Gasteiger charge is 2.24. The molecule has 0 unspecified atom stereocenters. The average molecular weight is 455 g/mol. The zero-order chi connectivity index (χ0) is 22.5. The predicted octanol–water partition coefficient (Wildman–Crippen LogP) is 4.46. The molecule has 2 aromatic heterocycles. The number of fused-ring (bicyclic) bond motifs is 1. The minimum absolute atomic E-state index is 0.00875. The van der Waals surface area contributed by atoms with Gasteiger partial charge in [0.05, 0.1) is 11.4 Å². The molecule has 0 atom stereocenters. The maximum Gasteiger partial charge on any atom is 0.264 e. The van der Waals surface area contributed by atoms with Crippen molar-refractivity contribution in [1.29, 1.82) is 0 Å². The van der Waals surface area contributed by atoms with Crippen LogP contribution in [0.3, 0.4) is 0 Å². The molecule has 0 N–H and O–H groups in total. The number of hydrogen-bond donors (Lipinski definition) is 0. The van der Waals surface area contributed by atoms with Crippen LogP contribution in [0.25, 0.3) is 0 Å². The van der Waals surface area contributed by atoms with E-state index in [2.05, 4.69) is 0 Å². The normalized spacial score (nSPS) is 12.1. The molecule has 1 aliphatic heterocycles. The zero-order valence-electron chi connectivity index (χ0n) is 18.2. The third-order valence-corrected chi connectivity index (χ3v) is 6.00. The molecule has 8 heteroatoms. The molecule has 1 aliphatic rings. The lowest BCUT2D eigenvalue weighted by Gasteiger charge is -2.27. The Balaban J connectivity index is 1.53. The zero-order valence-corrected chi connectivity index (χ0v) is 19.0. The topological polar surface area (TPSA) is 72.2 Å². The summed E-state index contributed by atoms with van der Waals surface area (Å²) in [7, 11) is 0. The second-order valence-corrected chi connectivity index (χ2v) is 8.60. The van der Waals surface area contributed by atoms with Crippen LogP contribution in [0.2, 0.25) is 0 Å². The smallest absolute Gasteiger partial charge is 0.264 e. The van der Waals surface area contributed by atoms with Gasteiger partial charge in [0.2, 0.25) is 12.7 Å². The van der Waals surface area contributed by atoms with E-state index in [0.29, 0.717) is 41.8 Å². The van der Waals surface area contributed by atoms with Gasteiger partial charge in [-0.2, -0.15) is 0 Å². The molecule has 168 valence electrons. The van der Waals surface area contributed by atoms with E-state index in [0.717, 1.165) is 17.7 Å². The summed E-state index contributed by atoms with van der Waals surface area (Å²) in [4.78, 5) is 30.3. The van der Waals surface area contributed by atoms with E-state index >= 15 is 0 Å². The van der Waals surface area contributed by atoms with Crippen molar-refractivity contribution in [2.75, 3.05) is 19.9 Å². The average Bonchev–Trinajstić information content (AvgIpc) is 3.54. The van der Waals surface area contributed by atoms with E-state index in [1.165, 1.54) is 11.3 Å². The summed E-state index contributed by atoms with van der Waals surface area (Å²) >= 11 is 1.38. The molecule has 4 rings (SSSR count). The summed E-state index contributed by atoms with van der Waals surface area (Å²) in [6.07, 6.45) is 0.768. The molecule has 3 aromatic rings. The number of furan rings is 1. The Labute approximate surface area is 191 Å². The lowest BCUT2D eigenvalue weighted by molar-refractivity contribution is -0.133. The summed E-state index contributed by atoms with van der Waals surface area (Å²) in [5.74, 6) is 2.59. The first kappa shape index (κ1) is 22.0. The van der Waals surface area contributed by atoms with Gasteiger partial charge in [-0.1, -0.05) is 19.1 Å². The van der Waals surface area contributed by atoms with E-state index in [4.69, 9.17) is 13.9 Å². The minimum atomic E-state index is -0.143. The molecule has 3 heterocycles. The highest BCUT2D eigenvalue weighted by atomic mass is 32.1. The van der Waals surface area contributed by atoms with Crippen molar-refractivity contribution in [1.82, 2.24) is 9.80 Å². The van der Waals surface area contributed by atoms with Crippen LogP contribution >= 0.6 is 11.3 Å². The molecule has 0 radical (unpaired) electrons. The van der Waals surface area contributed by atoms with E-state index in [9.17, 15) is 9.59 Å². The fourth-order valence-corrected chi connectivity index (χ4v) is 4.28. The number of carbonyl (C=O) groups is 2. The van der Waals surface area contributed by atoms with Crippen molar-refractivity contribution in [2.24, 2.45) is 0 Å². The van der Waals surface area contributed by atoms with Gasteiger partial charge in [0.15, 0.2) is 11.5 Å². The Kier molecular flexibility index (Phi) is 6.80. The summed E-state index contributed by atoms with van der Waals surface area (Å²) in [6, 6.07) is 13.0. The molecular weight excluding hydrogens is 428 g/mol. The first-order valence-corrected chi connectivity index (χ1v) is 11.5. The van der Waals surface area contributed by atoms with Gasteiger partial charge >= 0.3 is 0 Å². The molecule has 7 nitrogen and oxygen atoms in total. The van der Waals surface area contributed by atoms with Gasteiger partial charge in [0.25, 0.3) is 5.91 Å². The molecule has 0 saturated carbocycles. The number of rotatable bonds is 9. The van der Waals surface area contributed by atoms with Crippen molar-refractivity contribution < 1.29 is 23.5 Å². The lowest BCUT2D eigenvalue weighted by atomic mass is 10.1. The van der Waals surface area contributed by atoms with Gasteiger partial charge in [0.1, 0.15) is 18.1 Å². The van der Waals surface area contributed by atoms with Crippen molar-refractivity contribution in [2.45, 2.75) is 33.4 Å². The molecule has 32 heavy (non-hydrogen) atoms. The van der Waals surface area contributed by atoms with E-state index in [-0.39, 0.29) is 25.2 Å². The Morgan fingerprint density at radius 1 is 1.03 bits per heavy atom. The van der Waals surface area contributed by atoms with Gasteiger partial charge in [-0.25, -0.2) is 0 Å². The highest BCUT2D eigenvalue weighted by molar-refractivity contribution is 7.12. The van der Waals surface area contributed by atoms with E-state index in [1.54, 1.807) is 15.9 Å². The van der Waals surface area contributed by atoms with Crippen molar-refractivity contribution in [3.8, 4) is 11.5 Å². The largest absolute Gasteiger partial charge is 0.464 e. The number of benzene rings is 1. The molecule has 0 fully saturated rings. The summed E-state index contributed by atoms with van der Waals surface area (Å²) in [6.45, 7) is 5.26. The molecular formula is C24H26N2O5S. The standard InChI is InChI=1S/C24H26N2O5S/c1-3-10-25(24(28)22-5-4-11-32-22)15-23(27)26(14-19-8-6-17(2)31-19)13-18-7-9-20-21(12-18)30-16-29-20/h4-9,11-12H,3,10,13-16H2,1-2H3. The second kappa shape index (κ2) is 9.91. The quantitative estimate of drug-likeness (QED) is 0.477. The number of ether oxygens (including phenoxy) is 2. The molecule has 0 spiro atoms. The van der Waals surface area contributed by atoms with Crippen molar-refractivity contribution >= 4 is 23.2 Å². The van der Waals surface area contributed by atoms with Gasteiger partial charge < -0.3 is 23.7 Å². The van der Waals surface area contributed by atoms with Crippen LogP contribution in [0.4, 0.5) is 0 Å². The fraction of sp³-hybridized carbons (Fsp3) is 0.333. The fourth-order valence-electron chi connectivity index (χ4n) is 3.59. The Hall–Kier alpha value is -3.26. The number of aryl methyl sites for hydroxylation is 1. The van der Waals surface area contributed by atoms with Crippen molar-refractivity contribution in [3.05, 3.63) is 69.8 Å². The predicted molar refractivity (Wildman–Crippen MR) is 121 cm³/mol. The van der Waals surface area contributed by atoms with Crippen LogP contribution in [0.1, 0.15) is 40.1 Å². The number of thiophene rings is 1. The molecule has 0 aliphatic carbocycles. The van der Waals surface area contributed by atoms with E-state index in [1.807, 2.05) is 55.6 Å². The summed E-state index contributed by atoms with van der Waals surface area (Å²) in [5.41, 5.74) is 0.914. The summed E-state index contributed by atoms with van der Waals surface area (Å²) < 4.78 is 16.6. The Morgan fingerprint density at radius 3 is 2.59 bits per heavy atom.